The largest absolute Gasteiger partial charge is 0.310 e. The lowest BCUT2D eigenvalue weighted by molar-refractivity contribution is 0.529. The summed E-state index contributed by atoms with van der Waals surface area (Å²) in [5.74, 6) is 0. The molecule has 1 aromatic heterocycles. The molecule has 0 saturated heterocycles. The van der Waals surface area contributed by atoms with Gasteiger partial charge in [-0.25, -0.2) is 4.68 Å². The van der Waals surface area contributed by atoms with Gasteiger partial charge < -0.3 is 5.32 Å². The molecule has 0 bridgehead atoms. The average Bonchev–Trinajstić information content (AvgIpc) is 3.00. The number of benzene rings is 1. The first-order valence-corrected chi connectivity index (χ1v) is 7.92. The highest BCUT2D eigenvalue weighted by Gasteiger charge is 2.26. The second-order valence-corrected chi connectivity index (χ2v) is 6.02. The van der Waals surface area contributed by atoms with Crippen LogP contribution in [0.3, 0.4) is 0 Å². The minimum absolute atomic E-state index is 0.491. The van der Waals surface area contributed by atoms with Crippen LogP contribution in [0.1, 0.15) is 36.9 Å². The fourth-order valence-electron chi connectivity index (χ4n) is 3.02. The van der Waals surface area contributed by atoms with E-state index in [0.29, 0.717) is 6.04 Å². The van der Waals surface area contributed by atoms with Crippen LogP contribution in [0.25, 0.3) is 11.3 Å². The van der Waals surface area contributed by atoms with Crippen molar-refractivity contribution < 1.29 is 0 Å². The van der Waals surface area contributed by atoms with Gasteiger partial charge in [0.15, 0.2) is 4.60 Å². The maximum absolute atomic E-state index is 4.10. The summed E-state index contributed by atoms with van der Waals surface area (Å²) in [6.07, 6.45) is 3.46. The summed E-state index contributed by atoms with van der Waals surface area (Å²) in [6.45, 7) is 3.28. The third-order valence-corrected chi connectivity index (χ3v) is 4.49. The highest BCUT2D eigenvalue weighted by Crippen LogP contribution is 2.39. The van der Waals surface area contributed by atoms with Crippen LogP contribution < -0.4 is 5.32 Å². The Hall–Kier alpha value is -1.20. The molecule has 106 valence electrons. The molecule has 3 rings (SSSR count). The summed E-state index contributed by atoms with van der Waals surface area (Å²) in [6, 6.07) is 7.05. The SMILES string of the molecule is CCCNC1CCc2c(-c3c(Br)nnn3C)cccc21. The molecule has 4 nitrogen and oxygen atoms in total. The van der Waals surface area contributed by atoms with Crippen molar-refractivity contribution in [3.63, 3.8) is 0 Å². The van der Waals surface area contributed by atoms with Gasteiger partial charge in [-0.3, -0.25) is 0 Å². The van der Waals surface area contributed by atoms with Gasteiger partial charge >= 0.3 is 0 Å². The van der Waals surface area contributed by atoms with E-state index < -0.39 is 0 Å². The van der Waals surface area contributed by atoms with Crippen LogP contribution in [0, 0.1) is 0 Å². The second-order valence-electron chi connectivity index (χ2n) is 5.27. The zero-order valence-electron chi connectivity index (χ0n) is 11.9. The molecule has 0 radical (unpaired) electrons. The van der Waals surface area contributed by atoms with E-state index in [1.54, 1.807) is 0 Å². The van der Waals surface area contributed by atoms with Crippen molar-refractivity contribution in [1.82, 2.24) is 20.3 Å². The molecule has 1 aromatic carbocycles. The van der Waals surface area contributed by atoms with E-state index in [0.717, 1.165) is 23.3 Å². The van der Waals surface area contributed by atoms with Crippen molar-refractivity contribution >= 4 is 15.9 Å². The van der Waals surface area contributed by atoms with E-state index in [-0.39, 0.29) is 0 Å². The van der Waals surface area contributed by atoms with Gasteiger partial charge in [0.25, 0.3) is 0 Å². The number of halogens is 1. The fourth-order valence-corrected chi connectivity index (χ4v) is 3.57. The predicted octanol–water partition coefficient (Wildman–Crippen LogP) is 3.23. The van der Waals surface area contributed by atoms with Crippen LogP contribution in [-0.2, 0) is 13.5 Å². The van der Waals surface area contributed by atoms with Gasteiger partial charge in [-0.2, -0.15) is 0 Å². The third kappa shape index (κ3) is 2.29. The Balaban J connectivity index is 2.02. The van der Waals surface area contributed by atoms with E-state index in [1.807, 2.05) is 11.7 Å². The second kappa shape index (κ2) is 5.66. The number of nitrogens with zero attached hydrogens (tertiary/aromatic N) is 3. The van der Waals surface area contributed by atoms with Crippen LogP contribution in [0.4, 0.5) is 0 Å². The number of hydrogen-bond donors (Lipinski definition) is 1. The van der Waals surface area contributed by atoms with Crippen molar-refractivity contribution in [3.05, 3.63) is 33.9 Å². The Bertz CT molecular complexity index is 601. The van der Waals surface area contributed by atoms with Gasteiger partial charge in [0.1, 0.15) is 5.69 Å². The van der Waals surface area contributed by atoms with Gasteiger partial charge in [-0.15, -0.1) is 5.10 Å². The predicted molar refractivity (Wildman–Crippen MR) is 83.5 cm³/mol. The van der Waals surface area contributed by atoms with Crippen molar-refractivity contribution in [2.75, 3.05) is 6.54 Å². The Morgan fingerprint density at radius 2 is 2.30 bits per heavy atom. The molecule has 1 heterocycles. The maximum atomic E-state index is 4.10. The first kappa shape index (κ1) is 13.8. The van der Waals surface area contributed by atoms with Crippen molar-refractivity contribution in [2.45, 2.75) is 32.2 Å². The number of fused-ring (bicyclic) bond motifs is 1. The first-order chi connectivity index (χ1) is 9.72. The molecule has 20 heavy (non-hydrogen) atoms. The Labute approximate surface area is 127 Å². The number of aromatic nitrogens is 3. The topological polar surface area (TPSA) is 42.7 Å². The van der Waals surface area contributed by atoms with Gasteiger partial charge in [0.05, 0.1) is 0 Å². The van der Waals surface area contributed by atoms with E-state index in [9.17, 15) is 0 Å². The quantitative estimate of drug-likeness (QED) is 0.933. The Morgan fingerprint density at radius 3 is 3.00 bits per heavy atom. The van der Waals surface area contributed by atoms with Crippen LogP contribution >= 0.6 is 15.9 Å². The lowest BCUT2D eigenvalue weighted by Gasteiger charge is -2.14. The number of hydrogen-bond acceptors (Lipinski definition) is 3. The summed E-state index contributed by atoms with van der Waals surface area (Å²) in [5.41, 5.74) is 5.19. The van der Waals surface area contributed by atoms with Gasteiger partial charge in [-0.05, 0) is 52.9 Å². The Morgan fingerprint density at radius 1 is 1.45 bits per heavy atom. The monoisotopic (exact) mass is 334 g/mol. The lowest BCUT2D eigenvalue weighted by atomic mass is 10.00. The van der Waals surface area contributed by atoms with Crippen LogP contribution in [0.15, 0.2) is 22.8 Å². The normalized spacial score (nSPS) is 17.4. The molecule has 5 heteroatoms. The highest BCUT2D eigenvalue weighted by atomic mass is 79.9. The molecule has 1 aliphatic rings. The lowest BCUT2D eigenvalue weighted by Crippen LogP contribution is -2.19. The number of rotatable bonds is 4. The van der Waals surface area contributed by atoms with Crippen LogP contribution in [-0.4, -0.2) is 21.5 Å². The molecule has 1 N–H and O–H groups in total. The molecular weight excluding hydrogens is 316 g/mol. The van der Waals surface area contributed by atoms with Crippen LogP contribution in [0.5, 0.6) is 0 Å². The summed E-state index contributed by atoms with van der Waals surface area (Å²) >= 11 is 3.51. The summed E-state index contributed by atoms with van der Waals surface area (Å²) in [5, 5.41) is 11.8. The van der Waals surface area contributed by atoms with Crippen molar-refractivity contribution in [2.24, 2.45) is 7.05 Å². The van der Waals surface area contributed by atoms with E-state index in [4.69, 9.17) is 0 Å². The van der Waals surface area contributed by atoms with Crippen molar-refractivity contribution in [3.8, 4) is 11.3 Å². The number of nitrogens with one attached hydrogen (secondary N) is 1. The molecular formula is C15H19BrN4. The van der Waals surface area contributed by atoms with E-state index >= 15 is 0 Å². The maximum Gasteiger partial charge on any atom is 0.156 e. The highest BCUT2D eigenvalue weighted by molar-refractivity contribution is 9.10. The standard InChI is InChI=1S/C15H19BrN4/c1-3-9-17-13-8-7-10-11(13)5-4-6-12(10)14-15(16)18-19-20(14)2/h4-6,13,17H,3,7-9H2,1-2H3. The molecule has 2 aromatic rings. The minimum Gasteiger partial charge on any atom is -0.310 e. The molecule has 1 atom stereocenters. The molecule has 0 amide bonds. The smallest absolute Gasteiger partial charge is 0.156 e. The minimum atomic E-state index is 0.491. The number of aryl methyl sites for hydroxylation is 1. The van der Waals surface area contributed by atoms with Gasteiger partial charge in [0, 0.05) is 18.7 Å². The molecule has 1 unspecified atom stereocenters. The fraction of sp³-hybridized carbons (Fsp3) is 0.467. The molecule has 0 saturated carbocycles. The van der Waals surface area contributed by atoms with E-state index in [1.165, 1.54) is 29.5 Å². The first-order valence-electron chi connectivity index (χ1n) is 7.13. The summed E-state index contributed by atoms with van der Waals surface area (Å²) < 4.78 is 2.66. The average molecular weight is 335 g/mol. The molecule has 0 aliphatic heterocycles. The van der Waals surface area contributed by atoms with Crippen molar-refractivity contribution in [1.29, 1.82) is 0 Å². The zero-order chi connectivity index (χ0) is 14.1. The zero-order valence-corrected chi connectivity index (χ0v) is 13.4. The Kier molecular flexibility index (Phi) is 3.89. The van der Waals surface area contributed by atoms with Gasteiger partial charge in [-0.1, -0.05) is 30.3 Å². The van der Waals surface area contributed by atoms with Crippen LogP contribution in [0.2, 0.25) is 0 Å². The summed E-state index contributed by atoms with van der Waals surface area (Å²) in [7, 11) is 1.94. The molecule has 0 fully saturated rings. The molecule has 0 spiro atoms. The summed E-state index contributed by atoms with van der Waals surface area (Å²) in [4.78, 5) is 0. The third-order valence-electron chi connectivity index (χ3n) is 3.95. The molecule has 1 aliphatic carbocycles. The van der Waals surface area contributed by atoms with E-state index in [2.05, 4.69) is 56.7 Å². The van der Waals surface area contributed by atoms with Gasteiger partial charge in [0.2, 0.25) is 0 Å².